The second kappa shape index (κ2) is 10.8. The summed E-state index contributed by atoms with van der Waals surface area (Å²) >= 11 is 0. The lowest BCUT2D eigenvalue weighted by Crippen LogP contribution is -2.48. The molecule has 3 rings (SSSR count). The fraction of sp³-hybridized carbons (Fsp3) is 0.455. The zero-order chi connectivity index (χ0) is 23.1. The highest BCUT2D eigenvalue weighted by Crippen LogP contribution is 2.24. The number of likely N-dealkylation sites (tertiary alicyclic amines) is 1. The van der Waals surface area contributed by atoms with Crippen LogP contribution in [0.15, 0.2) is 30.6 Å². The fourth-order valence-corrected chi connectivity index (χ4v) is 3.82. The quantitative estimate of drug-likeness (QED) is 0.527. The number of nitrogens with two attached hydrogens (primary N) is 1. The molecular formula is C22H28FN7O2. The van der Waals surface area contributed by atoms with Crippen molar-refractivity contribution in [3.63, 3.8) is 0 Å². The molecule has 2 heterocycles. The van der Waals surface area contributed by atoms with Crippen LogP contribution in [0.5, 0.6) is 0 Å². The summed E-state index contributed by atoms with van der Waals surface area (Å²) in [6.07, 6.45) is 1.32. The Balaban J connectivity index is 1.64. The zero-order valence-electron chi connectivity index (χ0n) is 18.0. The van der Waals surface area contributed by atoms with Crippen molar-refractivity contribution in [2.24, 2.45) is 11.7 Å². The van der Waals surface area contributed by atoms with Gasteiger partial charge < -0.3 is 21.1 Å². The lowest BCUT2D eigenvalue weighted by atomic mass is 9.93. The number of aromatic nitrogens is 2. The van der Waals surface area contributed by atoms with Crippen molar-refractivity contribution in [2.75, 3.05) is 42.9 Å². The standard InChI is InChI=1S/C22H28FN7O2/c1-2-30(11-16-5-3-15(9-24)4-6-16)22-20(23)21(27-14-28-22)26-10-17-7-8-29(12-18(17)31)13-19(25)32/h3-6,14,17-18,31H,2,7-8,10-13H2,1H3,(H2,25,32)(H,26,27,28). The molecule has 1 amide bonds. The Hall–Kier alpha value is -3.29. The third kappa shape index (κ3) is 5.90. The first kappa shape index (κ1) is 23.4. The van der Waals surface area contributed by atoms with Gasteiger partial charge >= 0.3 is 0 Å². The predicted molar refractivity (Wildman–Crippen MR) is 118 cm³/mol. The smallest absolute Gasteiger partial charge is 0.231 e. The van der Waals surface area contributed by atoms with Gasteiger partial charge in [0.2, 0.25) is 11.7 Å². The van der Waals surface area contributed by atoms with E-state index in [-0.39, 0.29) is 24.1 Å². The van der Waals surface area contributed by atoms with Gasteiger partial charge in [-0.1, -0.05) is 12.1 Å². The van der Waals surface area contributed by atoms with Gasteiger partial charge in [-0.2, -0.15) is 9.65 Å². The second-order valence-corrected chi connectivity index (χ2v) is 7.88. The maximum atomic E-state index is 15.2. The Morgan fingerprint density at radius 3 is 2.78 bits per heavy atom. The number of hydrogen-bond acceptors (Lipinski definition) is 8. The van der Waals surface area contributed by atoms with Crippen LogP contribution in [-0.4, -0.2) is 64.7 Å². The number of anilines is 2. The van der Waals surface area contributed by atoms with E-state index >= 15 is 4.39 Å². The minimum atomic E-state index is -0.650. The molecule has 0 spiro atoms. The summed E-state index contributed by atoms with van der Waals surface area (Å²) in [4.78, 5) is 22.9. The van der Waals surface area contributed by atoms with E-state index < -0.39 is 17.8 Å². The Kier molecular flexibility index (Phi) is 7.92. The molecule has 1 saturated heterocycles. The highest BCUT2D eigenvalue weighted by Gasteiger charge is 2.28. The van der Waals surface area contributed by atoms with Crippen LogP contribution in [0.4, 0.5) is 16.0 Å². The molecule has 1 fully saturated rings. The third-order valence-electron chi connectivity index (χ3n) is 5.63. The summed E-state index contributed by atoms with van der Waals surface area (Å²) in [6, 6.07) is 9.22. The van der Waals surface area contributed by atoms with Crippen LogP contribution in [-0.2, 0) is 11.3 Å². The number of halogens is 1. The van der Waals surface area contributed by atoms with E-state index in [0.29, 0.717) is 44.7 Å². The molecule has 32 heavy (non-hydrogen) atoms. The summed E-state index contributed by atoms with van der Waals surface area (Å²) in [7, 11) is 0. The van der Waals surface area contributed by atoms with E-state index in [1.165, 1.54) is 6.33 Å². The highest BCUT2D eigenvalue weighted by molar-refractivity contribution is 5.75. The van der Waals surface area contributed by atoms with Crippen LogP contribution >= 0.6 is 0 Å². The number of carbonyl (C=O) groups excluding carboxylic acids is 1. The molecule has 0 radical (unpaired) electrons. The SMILES string of the molecule is CCN(Cc1ccc(C#N)cc1)c1ncnc(NCC2CCN(CC(N)=O)CC2O)c1F. The van der Waals surface area contributed by atoms with Gasteiger partial charge in [0.15, 0.2) is 11.6 Å². The number of carbonyl (C=O) groups is 1. The third-order valence-corrected chi connectivity index (χ3v) is 5.63. The molecule has 4 N–H and O–H groups in total. The summed E-state index contributed by atoms with van der Waals surface area (Å²) in [5, 5.41) is 22.3. The number of hydrogen-bond donors (Lipinski definition) is 3. The first-order chi connectivity index (χ1) is 15.4. The van der Waals surface area contributed by atoms with Gasteiger partial charge in [-0.3, -0.25) is 9.69 Å². The highest BCUT2D eigenvalue weighted by atomic mass is 19.1. The molecule has 0 bridgehead atoms. The first-order valence-electron chi connectivity index (χ1n) is 10.6. The Labute approximate surface area is 186 Å². The van der Waals surface area contributed by atoms with E-state index in [9.17, 15) is 9.90 Å². The van der Waals surface area contributed by atoms with Crippen LogP contribution in [0.25, 0.3) is 0 Å². The summed E-state index contributed by atoms with van der Waals surface area (Å²) in [5.74, 6) is -0.807. The molecular weight excluding hydrogens is 413 g/mol. The van der Waals surface area contributed by atoms with E-state index in [1.807, 2.05) is 24.0 Å². The van der Waals surface area contributed by atoms with Crippen LogP contribution in [0, 0.1) is 23.1 Å². The average Bonchev–Trinajstić information content (AvgIpc) is 2.78. The van der Waals surface area contributed by atoms with Gasteiger partial charge in [0, 0.05) is 32.1 Å². The number of rotatable bonds is 9. The van der Waals surface area contributed by atoms with Crippen LogP contribution in [0.1, 0.15) is 24.5 Å². The molecule has 2 atom stereocenters. The monoisotopic (exact) mass is 441 g/mol. The van der Waals surface area contributed by atoms with Gasteiger partial charge in [-0.25, -0.2) is 9.97 Å². The largest absolute Gasteiger partial charge is 0.391 e. The van der Waals surface area contributed by atoms with Gasteiger partial charge in [0.25, 0.3) is 0 Å². The average molecular weight is 442 g/mol. The lowest BCUT2D eigenvalue weighted by molar-refractivity contribution is -0.120. The molecule has 9 nitrogen and oxygen atoms in total. The summed E-state index contributed by atoms with van der Waals surface area (Å²) in [5.41, 5.74) is 6.72. The van der Waals surface area contributed by atoms with Crippen molar-refractivity contribution in [1.82, 2.24) is 14.9 Å². The Morgan fingerprint density at radius 2 is 2.16 bits per heavy atom. The fourth-order valence-electron chi connectivity index (χ4n) is 3.82. The summed E-state index contributed by atoms with van der Waals surface area (Å²) in [6.45, 7) is 4.33. The molecule has 0 aliphatic carbocycles. The zero-order valence-corrected chi connectivity index (χ0v) is 18.0. The number of aliphatic hydroxyl groups excluding tert-OH is 1. The second-order valence-electron chi connectivity index (χ2n) is 7.88. The van der Waals surface area contributed by atoms with Crippen LogP contribution in [0.3, 0.4) is 0 Å². The molecule has 0 saturated carbocycles. The van der Waals surface area contributed by atoms with Crippen LogP contribution < -0.4 is 16.0 Å². The van der Waals surface area contributed by atoms with Crippen molar-refractivity contribution in [2.45, 2.75) is 26.0 Å². The normalized spacial score (nSPS) is 18.7. The molecule has 1 aromatic carbocycles. The summed E-state index contributed by atoms with van der Waals surface area (Å²) < 4.78 is 15.2. The number of nitriles is 1. The van der Waals surface area contributed by atoms with Crippen molar-refractivity contribution in [3.05, 3.63) is 47.5 Å². The number of aliphatic hydroxyl groups is 1. The van der Waals surface area contributed by atoms with E-state index in [4.69, 9.17) is 11.0 Å². The van der Waals surface area contributed by atoms with E-state index in [2.05, 4.69) is 21.4 Å². The number of nitrogens with one attached hydrogen (secondary N) is 1. The van der Waals surface area contributed by atoms with Crippen molar-refractivity contribution < 1.29 is 14.3 Å². The van der Waals surface area contributed by atoms with Crippen molar-refractivity contribution in [1.29, 1.82) is 5.26 Å². The molecule has 2 aromatic rings. The number of benzene rings is 1. The maximum Gasteiger partial charge on any atom is 0.231 e. The molecule has 170 valence electrons. The minimum absolute atomic E-state index is 0.0834. The first-order valence-corrected chi connectivity index (χ1v) is 10.6. The van der Waals surface area contributed by atoms with Crippen molar-refractivity contribution >= 4 is 17.5 Å². The van der Waals surface area contributed by atoms with Crippen molar-refractivity contribution in [3.8, 4) is 6.07 Å². The minimum Gasteiger partial charge on any atom is -0.391 e. The Morgan fingerprint density at radius 1 is 1.41 bits per heavy atom. The lowest BCUT2D eigenvalue weighted by Gasteiger charge is -2.35. The van der Waals surface area contributed by atoms with Gasteiger partial charge in [-0.05, 0) is 37.6 Å². The van der Waals surface area contributed by atoms with Crippen LogP contribution in [0.2, 0.25) is 0 Å². The predicted octanol–water partition coefficient (Wildman–Crippen LogP) is 1.09. The molecule has 2 unspecified atom stereocenters. The van der Waals surface area contributed by atoms with E-state index in [1.54, 1.807) is 17.0 Å². The number of nitrogens with zero attached hydrogens (tertiary/aromatic N) is 5. The number of β-amino-alcohol motifs (C(OH)–C–C–N with tert-alkyl or cyclic N) is 1. The maximum absolute atomic E-state index is 15.2. The molecule has 10 heteroatoms. The molecule has 1 aliphatic heterocycles. The number of piperidine rings is 1. The topological polar surface area (TPSA) is 131 Å². The van der Waals surface area contributed by atoms with Gasteiger partial charge in [-0.15, -0.1) is 0 Å². The van der Waals surface area contributed by atoms with Gasteiger partial charge in [0.1, 0.15) is 6.33 Å². The number of primary amides is 1. The number of amides is 1. The molecule has 1 aliphatic rings. The molecule has 1 aromatic heterocycles. The van der Waals surface area contributed by atoms with E-state index in [0.717, 1.165) is 5.56 Å². The van der Waals surface area contributed by atoms with Gasteiger partial charge in [0.05, 0.1) is 24.3 Å². The Bertz CT molecular complexity index is 964.